The summed E-state index contributed by atoms with van der Waals surface area (Å²) in [5.74, 6) is 0.600. The Kier molecular flexibility index (Phi) is 20.7. The van der Waals surface area contributed by atoms with Crippen LogP contribution in [0.2, 0.25) is 5.04 Å². The van der Waals surface area contributed by atoms with Crippen molar-refractivity contribution in [2.75, 3.05) is 99.1 Å². The molecule has 0 aliphatic rings. The molecule has 0 amide bonds. The van der Waals surface area contributed by atoms with Crippen molar-refractivity contribution in [1.82, 2.24) is 0 Å². The van der Waals surface area contributed by atoms with E-state index in [9.17, 15) is 0 Å². The van der Waals surface area contributed by atoms with Crippen LogP contribution < -0.4 is 10.4 Å². The van der Waals surface area contributed by atoms with Gasteiger partial charge in [0.15, 0.2) is 0 Å². The molecule has 0 saturated carbocycles. The average molecular weight is 635 g/mol. The Morgan fingerprint density at radius 3 is 1.14 bits per heavy atom. The van der Waals surface area contributed by atoms with Crippen LogP contribution in [0.1, 0.15) is 41.0 Å². The summed E-state index contributed by atoms with van der Waals surface area (Å²) in [6.07, 6.45) is 1.14. The third-order valence-corrected chi connectivity index (χ3v) is 12.3. The summed E-state index contributed by atoms with van der Waals surface area (Å²) in [6.45, 7) is 19.6. The van der Waals surface area contributed by atoms with Crippen molar-refractivity contribution in [3.8, 4) is 0 Å². The third-order valence-electron chi connectivity index (χ3n) is 7.29. The summed E-state index contributed by atoms with van der Waals surface area (Å²) < 4.78 is 46.0. The lowest BCUT2D eigenvalue weighted by molar-refractivity contribution is -0.0222. The highest BCUT2D eigenvalue weighted by Gasteiger charge is 2.49. The van der Waals surface area contributed by atoms with Crippen molar-refractivity contribution in [2.24, 2.45) is 5.92 Å². The Morgan fingerprint density at radius 1 is 0.500 bits per heavy atom. The predicted octanol–water partition coefficient (Wildman–Crippen LogP) is 4.73. The quantitative estimate of drug-likeness (QED) is 0.103. The molecule has 0 spiro atoms. The monoisotopic (exact) mass is 634 g/mol. The Hall–Kier alpha value is -1.66. The standard InChI is InChI=1S/C35H58O8Si/c1-6-32(2)31-42-28-27-40-24-23-38-20-19-36-17-18-37-21-22-39-25-26-41-29-30-43-44(35(3,4)5,33-13-9-7-10-14-33)34-15-11-8-12-16-34/h7-16,32H,6,17-31H2,1-5H3. The van der Waals surface area contributed by atoms with Gasteiger partial charge in [-0.3, -0.25) is 0 Å². The van der Waals surface area contributed by atoms with Crippen LogP contribution in [-0.2, 0) is 37.6 Å². The van der Waals surface area contributed by atoms with Crippen molar-refractivity contribution in [2.45, 2.75) is 46.1 Å². The van der Waals surface area contributed by atoms with E-state index < -0.39 is 8.32 Å². The van der Waals surface area contributed by atoms with Crippen LogP contribution in [0.3, 0.4) is 0 Å². The Bertz CT molecular complexity index is 886. The van der Waals surface area contributed by atoms with Gasteiger partial charge in [0.1, 0.15) is 0 Å². The van der Waals surface area contributed by atoms with Gasteiger partial charge in [-0.05, 0) is 21.3 Å². The molecular weight excluding hydrogens is 576 g/mol. The number of benzene rings is 2. The Balaban J connectivity index is 1.44. The van der Waals surface area contributed by atoms with E-state index in [2.05, 4.69) is 95.3 Å². The maximum atomic E-state index is 6.84. The maximum Gasteiger partial charge on any atom is 0.261 e. The molecule has 2 aromatic rings. The predicted molar refractivity (Wildman–Crippen MR) is 179 cm³/mol. The van der Waals surface area contributed by atoms with Crippen LogP contribution in [0.25, 0.3) is 0 Å². The van der Waals surface area contributed by atoms with Crippen LogP contribution in [-0.4, -0.2) is 107 Å². The second kappa shape index (κ2) is 23.6. The fourth-order valence-corrected chi connectivity index (χ4v) is 9.28. The lowest BCUT2D eigenvalue weighted by atomic mass is 10.1. The van der Waals surface area contributed by atoms with Gasteiger partial charge in [0.2, 0.25) is 0 Å². The molecule has 250 valence electrons. The van der Waals surface area contributed by atoms with Crippen LogP contribution in [0.4, 0.5) is 0 Å². The molecule has 44 heavy (non-hydrogen) atoms. The molecule has 0 N–H and O–H groups in total. The molecule has 0 aliphatic carbocycles. The van der Waals surface area contributed by atoms with Crippen molar-refractivity contribution in [3.05, 3.63) is 60.7 Å². The molecule has 8 nitrogen and oxygen atoms in total. The summed E-state index contributed by atoms with van der Waals surface area (Å²) >= 11 is 0. The summed E-state index contributed by atoms with van der Waals surface area (Å²) in [4.78, 5) is 0. The molecule has 0 radical (unpaired) electrons. The molecule has 0 aromatic heterocycles. The summed E-state index contributed by atoms with van der Waals surface area (Å²) in [5, 5.41) is 2.50. The highest BCUT2D eigenvalue weighted by atomic mass is 28.4. The molecule has 1 unspecified atom stereocenters. The van der Waals surface area contributed by atoms with Crippen LogP contribution in [0.5, 0.6) is 0 Å². The molecule has 0 heterocycles. The lowest BCUT2D eigenvalue weighted by Gasteiger charge is -2.43. The number of hydrogen-bond acceptors (Lipinski definition) is 8. The molecule has 2 aromatic carbocycles. The smallest absolute Gasteiger partial charge is 0.261 e. The summed E-state index contributed by atoms with van der Waals surface area (Å²) in [5.41, 5.74) is 0. The first kappa shape index (κ1) is 38.5. The van der Waals surface area contributed by atoms with Gasteiger partial charge in [-0.15, -0.1) is 0 Å². The van der Waals surface area contributed by atoms with E-state index in [1.54, 1.807) is 0 Å². The van der Waals surface area contributed by atoms with Crippen molar-refractivity contribution < 1.29 is 37.6 Å². The van der Waals surface area contributed by atoms with E-state index in [1.165, 1.54) is 10.4 Å². The first-order valence-corrected chi connectivity index (χ1v) is 18.1. The zero-order chi connectivity index (χ0) is 31.8. The normalized spacial score (nSPS) is 12.9. The second-order valence-electron chi connectivity index (χ2n) is 11.8. The van der Waals surface area contributed by atoms with E-state index in [0.29, 0.717) is 98.4 Å². The largest absolute Gasteiger partial charge is 0.405 e. The minimum absolute atomic E-state index is 0.0462. The summed E-state index contributed by atoms with van der Waals surface area (Å²) in [6, 6.07) is 21.3. The molecule has 0 aliphatic heterocycles. The average Bonchev–Trinajstić information content (AvgIpc) is 3.03. The fraction of sp³-hybridized carbons (Fsp3) is 0.657. The van der Waals surface area contributed by atoms with Gasteiger partial charge >= 0.3 is 0 Å². The number of rotatable bonds is 27. The molecule has 1 atom stereocenters. The van der Waals surface area contributed by atoms with E-state index in [1.807, 2.05) is 0 Å². The summed E-state index contributed by atoms with van der Waals surface area (Å²) in [7, 11) is -2.52. The van der Waals surface area contributed by atoms with Crippen molar-refractivity contribution in [1.29, 1.82) is 0 Å². The molecule has 0 bridgehead atoms. The van der Waals surface area contributed by atoms with Gasteiger partial charge in [0.25, 0.3) is 8.32 Å². The highest BCUT2D eigenvalue weighted by Crippen LogP contribution is 2.36. The Morgan fingerprint density at radius 2 is 0.818 bits per heavy atom. The third kappa shape index (κ3) is 15.1. The number of hydrogen-bond donors (Lipinski definition) is 0. The van der Waals surface area contributed by atoms with Crippen LogP contribution in [0, 0.1) is 5.92 Å². The minimum atomic E-state index is -2.52. The van der Waals surface area contributed by atoms with Crippen LogP contribution in [0.15, 0.2) is 60.7 Å². The first-order valence-electron chi connectivity index (χ1n) is 16.2. The molecular formula is C35H58O8Si. The topological polar surface area (TPSA) is 73.8 Å². The van der Waals surface area contributed by atoms with Gasteiger partial charge in [-0.1, -0.05) is 102 Å². The lowest BCUT2D eigenvalue weighted by Crippen LogP contribution is -2.66. The number of ether oxygens (including phenoxy) is 7. The molecule has 9 heteroatoms. The van der Waals surface area contributed by atoms with Gasteiger partial charge in [-0.25, -0.2) is 0 Å². The molecule has 0 saturated heterocycles. The van der Waals surface area contributed by atoms with Crippen molar-refractivity contribution >= 4 is 18.7 Å². The first-order chi connectivity index (χ1) is 21.4. The van der Waals surface area contributed by atoms with Crippen LogP contribution >= 0.6 is 0 Å². The molecule has 0 fully saturated rings. The zero-order valence-corrected chi connectivity index (χ0v) is 28.9. The van der Waals surface area contributed by atoms with Gasteiger partial charge in [0, 0.05) is 6.61 Å². The SMILES string of the molecule is CCC(C)COCCOCCOCCOCCOCCOCCOCCO[Si](c1ccccc1)(c1ccccc1)C(C)(C)C. The van der Waals surface area contributed by atoms with Gasteiger partial charge in [0.05, 0.1) is 92.5 Å². The fourth-order valence-electron chi connectivity index (χ4n) is 4.74. The van der Waals surface area contributed by atoms with Gasteiger partial charge in [-0.2, -0.15) is 0 Å². The van der Waals surface area contributed by atoms with E-state index >= 15 is 0 Å². The Labute approximate surface area is 267 Å². The van der Waals surface area contributed by atoms with Gasteiger partial charge < -0.3 is 37.6 Å². The highest BCUT2D eigenvalue weighted by molar-refractivity contribution is 6.99. The molecule has 2 rings (SSSR count). The van der Waals surface area contributed by atoms with E-state index in [0.717, 1.165) is 13.0 Å². The zero-order valence-electron chi connectivity index (χ0n) is 27.9. The second-order valence-corrected chi connectivity index (χ2v) is 16.1. The van der Waals surface area contributed by atoms with Crippen molar-refractivity contribution in [3.63, 3.8) is 0 Å². The minimum Gasteiger partial charge on any atom is -0.405 e. The van der Waals surface area contributed by atoms with E-state index in [-0.39, 0.29) is 5.04 Å². The van der Waals surface area contributed by atoms with E-state index in [4.69, 9.17) is 37.6 Å². The maximum absolute atomic E-state index is 6.84.